The third-order valence-electron chi connectivity index (χ3n) is 3.39. The number of benzene rings is 1. The van der Waals surface area contributed by atoms with Crippen LogP contribution >= 0.6 is 0 Å². The van der Waals surface area contributed by atoms with Gasteiger partial charge in [-0.05, 0) is 44.4 Å². The number of hydrogen-bond donors (Lipinski definition) is 3. The summed E-state index contributed by atoms with van der Waals surface area (Å²) in [5, 5.41) is 19.5. The molecule has 0 bridgehead atoms. The van der Waals surface area contributed by atoms with Crippen LogP contribution in [0.25, 0.3) is 0 Å². The van der Waals surface area contributed by atoms with Crippen LogP contribution < -0.4 is 14.8 Å². The van der Waals surface area contributed by atoms with Crippen molar-refractivity contribution >= 4 is 5.97 Å². The minimum atomic E-state index is -5.08. The van der Waals surface area contributed by atoms with E-state index in [1.807, 2.05) is 19.1 Å². The van der Waals surface area contributed by atoms with Gasteiger partial charge in [0.15, 0.2) is 11.5 Å². The minimum absolute atomic E-state index is 0.150. The molecule has 142 valence electrons. The molecule has 0 amide bonds. The van der Waals surface area contributed by atoms with Crippen LogP contribution in [0.15, 0.2) is 18.2 Å². The number of fused-ring (bicyclic) bond motifs is 1. The van der Waals surface area contributed by atoms with E-state index in [-0.39, 0.29) is 12.6 Å². The molecule has 1 aromatic rings. The SMILES string of the molecule is CC(CO)NC(C)CCc1ccc2c(c1)OCO2.O=C(O)C(F)(F)F. The quantitative estimate of drug-likeness (QED) is 0.717. The molecule has 2 atom stereocenters. The number of rotatable bonds is 6. The average Bonchev–Trinajstić information content (AvgIpc) is 3.00. The Hall–Kier alpha value is -2.00. The van der Waals surface area contributed by atoms with Gasteiger partial charge in [-0.1, -0.05) is 6.07 Å². The number of hydrogen-bond acceptors (Lipinski definition) is 5. The van der Waals surface area contributed by atoms with Crippen LogP contribution in [0.3, 0.4) is 0 Å². The summed E-state index contributed by atoms with van der Waals surface area (Å²) in [6, 6.07) is 6.63. The molecule has 1 aliphatic rings. The second-order valence-electron chi connectivity index (χ2n) is 5.68. The van der Waals surface area contributed by atoms with E-state index in [9.17, 15) is 13.2 Å². The molecule has 0 saturated heterocycles. The number of carboxylic acids is 1. The van der Waals surface area contributed by atoms with Crippen LogP contribution in [0, 0.1) is 0 Å². The van der Waals surface area contributed by atoms with Gasteiger partial charge in [-0.3, -0.25) is 0 Å². The predicted octanol–water partition coefficient (Wildman–Crippen LogP) is 2.34. The average molecular weight is 365 g/mol. The number of aliphatic hydroxyl groups excluding tert-OH is 1. The highest BCUT2D eigenvalue weighted by Crippen LogP contribution is 2.32. The molecular formula is C16H22F3NO5. The molecule has 0 aromatic heterocycles. The van der Waals surface area contributed by atoms with Crippen LogP contribution in [0.1, 0.15) is 25.8 Å². The smallest absolute Gasteiger partial charge is 0.475 e. The molecule has 0 saturated carbocycles. The number of carboxylic acid groups (broad SMARTS) is 1. The lowest BCUT2D eigenvalue weighted by molar-refractivity contribution is -0.192. The fraction of sp³-hybridized carbons (Fsp3) is 0.562. The normalized spacial score (nSPS) is 15.1. The number of nitrogens with one attached hydrogen (secondary N) is 1. The van der Waals surface area contributed by atoms with Crippen molar-refractivity contribution in [3.8, 4) is 11.5 Å². The van der Waals surface area contributed by atoms with Crippen molar-refractivity contribution < 1.29 is 37.7 Å². The van der Waals surface area contributed by atoms with Crippen LogP contribution in [-0.4, -0.2) is 47.8 Å². The van der Waals surface area contributed by atoms with E-state index in [1.165, 1.54) is 5.56 Å². The molecule has 0 radical (unpaired) electrons. The van der Waals surface area contributed by atoms with Crippen molar-refractivity contribution in [2.24, 2.45) is 0 Å². The highest BCUT2D eigenvalue weighted by Gasteiger charge is 2.38. The molecule has 3 N–H and O–H groups in total. The second kappa shape index (κ2) is 9.47. The van der Waals surface area contributed by atoms with Crippen LogP contribution in [0.5, 0.6) is 11.5 Å². The molecule has 6 nitrogen and oxygen atoms in total. The fourth-order valence-corrected chi connectivity index (χ4v) is 2.10. The lowest BCUT2D eigenvalue weighted by Crippen LogP contribution is -2.36. The maximum atomic E-state index is 10.6. The van der Waals surface area contributed by atoms with E-state index < -0.39 is 12.1 Å². The summed E-state index contributed by atoms with van der Waals surface area (Å²) < 4.78 is 42.4. The lowest BCUT2D eigenvalue weighted by atomic mass is 10.1. The zero-order valence-electron chi connectivity index (χ0n) is 14.0. The second-order valence-corrected chi connectivity index (χ2v) is 5.68. The maximum absolute atomic E-state index is 10.6. The van der Waals surface area contributed by atoms with Gasteiger partial charge in [0, 0.05) is 12.1 Å². The first-order valence-corrected chi connectivity index (χ1v) is 7.69. The third kappa shape index (κ3) is 7.61. The molecule has 9 heteroatoms. The van der Waals surface area contributed by atoms with Crippen molar-refractivity contribution in [3.05, 3.63) is 23.8 Å². The summed E-state index contributed by atoms with van der Waals surface area (Å²) in [5.41, 5.74) is 1.25. The van der Waals surface area contributed by atoms with Crippen molar-refractivity contribution in [1.82, 2.24) is 5.32 Å². The molecule has 0 spiro atoms. The zero-order chi connectivity index (χ0) is 19.0. The number of aliphatic hydroxyl groups is 1. The van der Waals surface area contributed by atoms with E-state index in [0.29, 0.717) is 12.8 Å². The first-order chi connectivity index (χ1) is 11.6. The zero-order valence-corrected chi connectivity index (χ0v) is 14.0. The summed E-state index contributed by atoms with van der Waals surface area (Å²) in [5.74, 6) is -1.08. The van der Waals surface area contributed by atoms with Gasteiger partial charge in [0.05, 0.1) is 6.61 Å². The number of carbonyl (C=O) groups is 1. The van der Waals surface area contributed by atoms with E-state index in [1.54, 1.807) is 0 Å². The third-order valence-corrected chi connectivity index (χ3v) is 3.39. The van der Waals surface area contributed by atoms with Crippen LogP contribution in [-0.2, 0) is 11.2 Å². The van der Waals surface area contributed by atoms with Crippen molar-refractivity contribution in [2.75, 3.05) is 13.4 Å². The Morgan fingerprint density at radius 2 is 1.84 bits per heavy atom. The van der Waals surface area contributed by atoms with E-state index in [4.69, 9.17) is 24.5 Å². The first-order valence-electron chi connectivity index (χ1n) is 7.69. The molecule has 0 fully saturated rings. The largest absolute Gasteiger partial charge is 0.490 e. The minimum Gasteiger partial charge on any atom is -0.475 e. The summed E-state index contributed by atoms with van der Waals surface area (Å²) in [4.78, 5) is 8.90. The number of aryl methyl sites for hydroxylation is 1. The Morgan fingerprint density at radius 3 is 2.40 bits per heavy atom. The van der Waals surface area contributed by atoms with Gasteiger partial charge in [-0.25, -0.2) is 4.79 Å². The topological polar surface area (TPSA) is 88.0 Å². The highest BCUT2D eigenvalue weighted by atomic mass is 19.4. The first kappa shape index (κ1) is 21.0. The highest BCUT2D eigenvalue weighted by molar-refractivity contribution is 5.73. The number of aliphatic carboxylic acids is 1. The van der Waals surface area contributed by atoms with Gasteiger partial charge in [0.2, 0.25) is 6.79 Å². The lowest BCUT2D eigenvalue weighted by Gasteiger charge is -2.18. The van der Waals surface area contributed by atoms with Gasteiger partial charge in [-0.15, -0.1) is 0 Å². The fourth-order valence-electron chi connectivity index (χ4n) is 2.10. The molecule has 1 aliphatic heterocycles. The molecule has 2 unspecified atom stereocenters. The standard InChI is InChI=1S/C14H21NO3.C2HF3O2/c1-10(15-11(2)8-16)3-4-12-5-6-13-14(7-12)18-9-17-13;3-2(4,5)1(6)7/h5-7,10-11,15-16H,3-4,8-9H2,1-2H3;(H,6,7). The molecular weight excluding hydrogens is 343 g/mol. The maximum Gasteiger partial charge on any atom is 0.490 e. The molecule has 1 heterocycles. The molecule has 2 rings (SSSR count). The van der Waals surface area contributed by atoms with Gasteiger partial charge < -0.3 is 25.0 Å². The van der Waals surface area contributed by atoms with Crippen molar-refractivity contribution in [1.29, 1.82) is 0 Å². The number of ether oxygens (including phenoxy) is 2. The summed E-state index contributed by atoms with van der Waals surface area (Å²) in [7, 11) is 0. The van der Waals surface area contributed by atoms with Gasteiger partial charge in [-0.2, -0.15) is 13.2 Å². The Bertz CT molecular complexity index is 565. The molecule has 25 heavy (non-hydrogen) atoms. The van der Waals surface area contributed by atoms with Crippen LogP contribution in [0.4, 0.5) is 13.2 Å². The van der Waals surface area contributed by atoms with Crippen molar-refractivity contribution in [3.63, 3.8) is 0 Å². The monoisotopic (exact) mass is 365 g/mol. The van der Waals surface area contributed by atoms with Crippen LogP contribution in [0.2, 0.25) is 0 Å². The Balaban J connectivity index is 0.000000381. The Morgan fingerprint density at radius 1 is 1.24 bits per heavy atom. The van der Waals surface area contributed by atoms with Gasteiger partial charge >= 0.3 is 12.1 Å². The summed E-state index contributed by atoms with van der Waals surface area (Å²) in [6.07, 6.45) is -3.06. The van der Waals surface area contributed by atoms with E-state index >= 15 is 0 Å². The van der Waals surface area contributed by atoms with E-state index in [2.05, 4.69) is 18.3 Å². The van der Waals surface area contributed by atoms with Gasteiger partial charge in [0.1, 0.15) is 0 Å². The number of halogens is 3. The molecule has 0 aliphatic carbocycles. The number of alkyl halides is 3. The van der Waals surface area contributed by atoms with Gasteiger partial charge in [0.25, 0.3) is 0 Å². The Labute approximate surface area is 143 Å². The van der Waals surface area contributed by atoms with E-state index in [0.717, 1.165) is 24.3 Å². The Kier molecular flexibility index (Phi) is 7.98. The summed E-state index contributed by atoms with van der Waals surface area (Å²) >= 11 is 0. The predicted molar refractivity (Wildman–Crippen MR) is 83.7 cm³/mol. The summed E-state index contributed by atoms with van der Waals surface area (Å²) in [6.45, 7) is 4.62. The molecule has 1 aromatic carbocycles. The van der Waals surface area contributed by atoms with Crippen molar-refractivity contribution in [2.45, 2.75) is 44.9 Å².